The molecule has 0 fully saturated rings. The van der Waals surface area contributed by atoms with Crippen molar-refractivity contribution in [2.24, 2.45) is 4.99 Å². The molecule has 2 aliphatic rings. The summed E-state index contributed by atoms with van der Waals surface area (Å²) in [6.45, 7) is 0.432. The Labute approximate surface area is 254 Å². The summed E-state index contributed by atoms with van der Waals surface area (Å²) >= 11 is 11.1. The van der Waals surface area contributed by atoms with Crippen molar-refractivity contribution in [3.63, 3.8) is 0 Å². The fraction of sp³-hybridized carbons (Fsp3) is 0.118. The lowest BCUT2D eigenvalue weighted by Crippen LogP contribution is -2.38. The highest BCUT2D eigenvalue weighted by Gasteiger charge is 2.32. The van der Waals surface area contributed by atoms with Crippen LogP contribution in [-0.4, -0.2) is 4.57 Å². The van der Waals surface area contributed by atoms with Gasteiger partial charge in [0.1, 0.15) is 12.4 Å². The van der Waals surface area contributed by atoms with Crippen LogP contribution in [0.5, 0.6) is 5.75 Å². The molecular formula is C34H24BrClN2O2S. The van der Waals surface area contributed by atoms with E-state index in [-0.39, 0.29) is 11.6 Å². The maximum absolute atomic E-state index is 14.0. The predicted octanol–water partition coefficient (Wildman–Crippen LogP) is 7.31. The third-order valence-corrected chi connectivity index (χ3v) is 9.40. The van der Waals surface area contributed by atoms with E-state index in [1.165, 1.54) is 28.0 Å². The average molecular weight is 640 g/mol. The van der Waals surface area contributed by atoms with Gasteiger partial charge in [-0.3, -0.25) is 9.36 Å². The number of fused-ring (bicyclic) bond motifs is 3. The SMILES string of the molecule is O=c1c(=Cc2ccc(OCc3ccc(Cl)cc3)c(Br)c2)sc2n1C(c1ccccc1)C1=C(N=2)c2ccccc2CC1. The van der Waals surface area contributed by atoms with Gasteiger partial charge in [-0.15, -0.1) is 0 Å². The molecule has 0 spiro atoms. The van der Waals surface area contributed by atoms with Gasteiger partial charge in [0.05, 0.1) is 20.7 Å². The first-order valence-electron chi connectivity index (χ1n) is 13.4. The number of ether oxygens (including phenoxy) is 1. The Kier molecular flexibility index (Phi) is 6.99. The number of nitrogens with zero attached hydrogens (tertiary/aromatic N) is 2. The van der Waals surface area contributed by atoms with Gasteiger partial charge in [0, 0.05) is 10.6 Å². The predicted molar refractivity (Wildman–Crippen MR) is 169 cm³/mol. The molecule has 1 aliphatic carbocycles. The van der Waals surface area contributed by atoms with Crippen LogP contribution < -0.4 is 19.6 Å². The van der Waals surface area contributed by atoms with Gasteiger partial charge in [-0.05, 0) is 86.9 Å². The molecule has 0 amide bonds. The van der Waals surface area contributed by atoms with Crippen molar-refractivity contribution in [3.8, 4) is 5.75 Å². The Hall–Kier alpha value is -3.71. The summed E-state index contributed by atoms with van der Waals surface area (Å²) < 4.78 is 9.38. The zero-order valence-corrected chi connectivity index (χ0v) is 25.0. The molecule has 2 heterocycles. The molecule has 0 bridgehead atoms. The molecule has 7 heteroatoms. The van der Waals surface area contributed by atoms with Crippen LogP contribution in [0.15, 0.2) is 117 Å². The van der Waals surface area contributed by atoms with E-state index in [9.17, 15) is 4.79 Å². The topological polar surface area (TPSA) is 43.6 Å². The van der Waals surface area contributed by atoms with Gasteiger partial charge >= 0.3 is 0 Å². The van der Waals surface area contributed by atoms with Crippen molar-refractivity contribution in [1.29, 1.82) is 0 Å². The van der Waals surface area contributed by atoms with E-state index in [2.05, 4.69) is 52.3 Å². The van der Waals surface area contributed by atoms with Crippen LogP contribution in [0.4, 0.5) is 0 Å². The number of hydrogen-bond donors (Lipinski definition) is 0. The second-order valence-electron chi connectivity index (χ2n) is 10.1. The van der Waals surface area contributed by atoms with Gasteiger partial charge in [0.2, 0.25) is 0 Å². The molecular weight excluding hydrogens is 616 g/mol. The van der Waals surface area contributed by atoms with E-state index in [4.69, 9.17) is 21.3 Å². The van der Waals surface area contributed by atoms with E-state index in [0.717, 1.165) is 50.3 Å². The van der Waals surface area contributed by atoms with Gasteiger partial charge in [-0.2, -0.15) is 0 Å². The first-order valence-corrected chi connectivity index (χ1v) is 15.4. The third kappa shape index (κ3) is 5.01. The molecule has 0 saturated heterocycles. The smallest absolute Gasteiger partial charge is 0.271 e. The molecule has 1 aromatic heterocycles. The second-order valence-corrected chi connectivity index (χ2v) is 12.4. The summed E-state index contributed by atoms with van der Waals surface area (Å²) in [4.78, 5) is 19.8. The Balaban J connectivity index is 1.28. The molecule has 1 unspecified atom stereocenters. The van der Waals surface area contributed by atoms with E-state index >= 15 is 0 Å². The van der Waals surface area contributed by atoms with Gasteiger partial charge in [-0.1, -0.05) is 95.7 Å². The number of thiazole rings is 1. The minimum atomic E-state index is -0.173. The Bertz CT molecular complexity index is 2000. The van der Waals surface area contributed by atoms with Crippen molar-refractivity contribution in [3.05, 3.63) is 160 Å². The quantitative estimate of drug-likeness (QED) is 0.202. The summed E-state index contributed by atoms with van der Waals surface area (Å²) in [5.74, 6) is 0.731. The van der Waals surface area contributed by atoms with Gasteiger partial charge in [-0.25, -0.2) is 4.99 Å². The first-order chi connectivity index (χ1) is 20.0. The lowest BCUT2D eigenvalue weighted by Gasteiger charge is -2.30. The molecule has 41 heavy (non-hydrogen) atoms. The summed E-state index contributed by atoms with van der Waals surface area (Å²) in [6, 6.07) is 32.1. The highest BCUT2D eigenvalue weighted by molar-refractivity contribution is 9.10. The lowest BCUT2D eigenvalue weighted by atomic mass is 9.83. The molecule has 0 N–H and O–H groups in total. The number of aromatic nitrogens is 1. The maximum Gasteiger partial charge on any atom is 0.271 e. The van der Waals surface area contributed by atoms with Crippen molar-refractivity contribution < 1.29 is 4.74 Å². The summed E-state index contributed by atoms with van der Waals surface area (Å²) in [6.07, 6.45) is 3.76. The van der Waals surface area contributed by atoms with Gasteiger partial charge in [0.25, 0.3) is 5.56 Å². The van der Waals surface area contributed by atoms with Crippen LogP contribution in [0.25, 0.3) is 11.8 Å². The van der Waals surface area contributed by atoms with Crippen LogP contribution in [-0.2, 0) is 13.0 Å². The highest BCUT2D eigenvalue weighted by Crippen LogP contribution is 2.41. The van der Waals surface area contributed by atoms with Crippen LogP contribution in [0.1, 0.15) is 40.3 Å². The lowest BCUT2D eigenvalue weighted by molar-refractivity contribution is 0.304. The molecule has 202 valence electrons. The highest BCUT2D eigenvalue weighted by atomic mass is 79.9. The first kappa shape index (κ1) is 26.2. The van der Waals surface area contributed by atoms with E-state index in [1.807, 2.05) is 71.3 Å². The van der Waals surface area contributed by atoms with E-state index in [1.54, 1.807) is 0 Å². The number of rotatable bonds is 5. The van der Waals surface area contributed by atoms with Gasteiger partial charge < -0.3 is 4.74 Å². The average Bonchev–Trinajstić information content (AvgIpc) is 3.31. The summed E-state index contributed by atoms with van der Waals surface area (Å²) in [5.41, 5.74) is 7.72. The Morgan fingerprint density at radius 2 is 1.76 bits per heavy atom. The zero-order chi connectivity index (χ0) is 27.9. The van der Waals surface area contributed by atoms with Gasteiger partial charge in [0.15, 0.2) is 4.80 Å². The monoisotopic (exact) mass is 638 g/mol. The summed E-state index contributed by atoms with van der Waals surface area (Å²) in [7, 11) is 0. The number of hydrogen-bond acceptors (Lipinski definition) is 4. The molecule has 4 aromatic carbocycles. The van der Waals surface area contributed by atoms with Crippen molar-refractivity contribution in [2.75, 3.05) is 0 Å². The molecule has 4 nitrogen and oxygen atoms in total. The Morgan fingerprint density at radius 1 is 0.976 bits per heavy atom. The molecule has 7 rings (SSSR count). The zero-order valence-electron chi connectivity index (χ0n) is 21.9. The van der Waals surface area contributed by atoms with E-state index < -0.39 is 0 Å². The fourth-order valence-electron chi connectivity index (χ4n) is 5.57. The number of halogens is 2. The number of benzene rings is 4. The molecule has 0 saturated carbocycles. The molecule has 5 aromatic rings. The standard InChI is InChI=1S/C34H24BrClN2O2S/c35-28-18-22(12-17-29(28)40-20-21-10-14-25(36)15-11-21)19-30-33(39)38-32(24-7-2-1-3-8-24)27-16-13-23-6-4-5-9-26(23)31(27)37-34(38)41-30/h1-12,14-15,17-19,32H,13,16,20H2. The number of allylic oxidation sites excluding steroid dienone is 1. The van der Waals surface area contributed by atoms with Crippen molar-refractivity contribution in [2.45, 2.75) is 25.5 Å². The van der Waals surface area contributed by atoms with Crippen LogP contribution in [0, 0.1) is 0 Å². The molecule has 1 atom stereocenters. The fourth-order valence-corrected chi connectivity index (χ4v) is 7.21. The second kappa shape index (κ2) is 10.9. The van der Waals surface area contributed by atoms with Crippen LogP contribution in [0.2, 0.25) is 5.02 Å². The van der Waals surface area contributed by atoms with E-state index in [0.29, 0.717) is 16.2 Å². The minimum absolute atomic E-state index is 0.0211. The normalized spacial score (nSPS) is 16.0. The minimum Gasteiger partial charge on any atom is -0.488 e. The molecule has 1 aliphatic heterocycles. The largest absolute Gasteiger partial charge is 0.488 e. The van der Waals surface area contributed by atoms with Crippen molar-refractivity contribution in [1.82, 2.24) is 4.57 Å². The van der Waals surface area contributed by atoms with Crippen LogP contribution >= 0.6 is 38.9 Å². The van der Waals surface area contributed by atoms with Crippen LogP contribution in [0.3, 0.4) is 0 Å². The third-order valence-electron chi connectivity index (χ3n) is 7.55. The number of aryl methyl sites for hydroxylation is 1. The summed E-state index contributed by atoms with van der Waals surface area (Å²) in [5, 5.41) is 0.699. The Morgan fingerprint density at radius 3 is 2.56 bits per heavy atom. The maximum atomic E-state index is 14.0. The van der Waals surface area contributed by atoms with Crippen molar-refractivity contribution >= 4 is 50.6 Å². The molecule has 0 radical (unpaired) electrons.